The number of carbonyl (C=O) groups excluding carboxylic acids is 3. The highest BCUT2D eigenvalue weighted by atomic mass is 32.1. The molecule has 2 atom stereocenters. The van der Waals surface area contributed by atoms with Gasteiger partial charge in [-0.15, -0.1) is 0 Å². The second kappa shape index (κ2) is 11.1. The van der Waals surface area contributed by atoms with Crippen LogP contribution in [-0.2, 0) is 9.53 Å². The van der Waals surface area contributed by atoms with Crippen LogP contribution in [0.4, 0.5) is 15.8 Å². The molecule has 194 valence electrons. The number of halogens is 1. The number of rotatable bonds is 8. The van der Waals surface area contributed by atoms with E-state index in [1.165, 1.54) is 29.2 Å². The minimum absolute atomic E-state index is 0.0361. The van der Waals surface area contributed by atoms with Gasteiger partial charge in [0.1, 0.15) is 16.7 Å². The zero-order valence-electron chi connectivity index (χ0n) is 20.5. The largest absolute Gasteiger partial charge is 0.395 e. The van der Waals surface area contributed by atoms with Crippen LogP contribution in [0.15, 0.2) is 42.5 Å². The van der Waals surface area contributed by atoms with E-state index in [1.54, 1.807) is 12.1 Å². The van der Waals surface area contributed by atoms with Crippen LogP contribution in [0.1, 0.15) is 55.7 Å². The summed E-state index contributed by atoms with van der Waals surface area (Å²) in [6.07, 6.45) is 1.59. The van der Waals surface area contributed by atoms with E-state index in [0.717, 1.165) is 35.5 Å². The number of aryl methyl sites for hydroxylation is 2. The fourth-order valence-electron chi connectivity index (χ4n) is 4.18. The second-order valence-corrected chi connectivity index (χ2v) is 9.69. The van der Waals surface area contributed by atoms with E-state index in [1.807, 2.05) is 19.9 Å². The number of amides is 3. The van der Waals surface area contributed by atoms with Gasteiger partial charge in [0.25, 0.3) is 11.8 Å². The standard InChI is InChI=1S/C26H28FN5O4S/c1-14-5-10-18(12-15(14)2)32(26(35)23-20(28)21(24(29)33)31-37-23)22(16-6-8-17(27)9-7-16)25(34)30-13-19-4-3-11-36-19/h5-10,12,19,22H,3-4,11,13,28H2,1-2H3,(H2,29,33)(H,30,34)/t19-,22+/m0/s1. The molecule has 2 heterocycles. The van der Waals surface area contributed by atoms with Crippen molar-refractivity contribution in [2.24, 2.45) is 5.73 Å². The third-order valence-corrected chi connectivity index (χ3v) is 7.21. The first-order valence-corrected chi connectivity index (χ1v) is 12.5. The number of primary amides is 1. The molecule has 0 saturated carbocycles. The van der Waals surface area contributed by atoms with Gasteiger partial charge in [0.05, 0.1) is 11.8 Å². The molecule has 0 bridgehead atoms. The van der Waals surface area contributed by atoms with Crippen molar-refractivity contribution in [3.63, 3.8) is 0 Å². The average molecular weight is 526 g/mol. The number of hydrogen-bond donors (Lipinski definition) is 3. The number of anilines is 2. The molecule has 1 fully saturated rings. The Morgan fingerprint density at radius 2 is 1.92 bits per heavy atom. The number of nitrogens with one attached hydrogen (secondary N) is 1. The van der Waals surface area contributed by atoms with Crippen molar-refractivity contribution in [3.8, 4) is 0 Å². The number of aromatic nitrogens is 1. The van der Waals surface area contributed by atoms with Gasteiger partial charge in [-0.3, -0.25) is 19.3 Å². The molecule has 0 unspecified atom stereocenters. The maximum Gasteiger partial charge on any atom is 0.273 e. The summed E-state index contributed by atoms with van der Waals surface area (Å²) in [5.41, 5.74) is 13.8. The first-order chi connectivity index (χ1) is 17.7. The van der Waals surface area contributed by atoms with E-state index in [-0.39, 0.29) is 28.9 Å². The Hall–Kier alpha value is -3.83. The molecule has 0 aliphatic carbocycles. The fraction of sp³-hybridized carbons (Fsp3) is 0.308. The van der Waals surface area contributed by atoms with Gasteiger partial charge in [-0.05, 0) is 79.2 Å². The van der Waals surface area contributed by atoms with Crippen molar-refractivity contribution < 1.29 is 23.5 Å². The highest BCUT2D eigenvalue weighted by molar-refractivity contribution is 7.09. The number of ether oxygens (including phenoxy) is 1. The van der Waals surface area contributed by atoms with E-state index in [0.29, 0.717) is 17.9 Å². The zero-order valence-corrected chi connectivity index (χ0v) is 21.3. The van der Waals surface area contributed by atoms with Crippen LogP contribution < -0.4 is 21.7 Å². The van der Waals surface area contributed by atoms with Crippen LogP contribution in [0.25, 0.3) is 0 Å². The summed E-state index contributed by atoms with van der Waals surface area (Å²) in [5.74, 6) is -2.47. The summed E-state index contributed by atoms with van der Waals surface area (Å²) in [4.78, 5) is 40.7. The molecule has 5 N–H and O–H groups in total. The smallest absolute Gasteiger partial charge is 0.273 e. The number of nitrogens with zero attached hydrogens (tertiary/aromatic N) is 2. The zero-order chi connectivity index (χ0) is 26.7. The average Bonchev–Trinajstić information content (AvgIpc) is 3.53. The topological polar surface area (TPSA) is 141 Å². The molecule has 2 aromatic carbocycles. The Kier molecular flexibility index (Phi) is 7.84. The Labute approximate surface area is 217 Å². The second-order valence-electron chi connectivity index (χ2n) is 8.92. The molecular weight excluding hydrogens is 497 g/mol. The molecule has 37 heavy (non-hydrogen) atoms. The van der Waals surface area contributed by atoms with Gasteiger partial charge >= 0.3 is 0 Å². The minimum Gasteiger partial charge on any atom is -0.395 e. The summed E-state index contributed by atoms with van der Waals surface area (Å²) in [7, 11) is 0. The molecule has 1 aliphatic rings. The van der Waals surface area contributed by atoms with Gasteiger partial charge in [-0.1, -0.05) is 18.2 Å². The predicted molar refractivity (Wildman–Crippen MR) is 139 cm³/mol. The van der Waals surface area contributed by atoms with Crippen molar-refractivity contribution in [3.05, 3.63) is 75.5 Å². The van der Waals surface area contributed by atoms with Crippen molar-refractivity contribution >= 4 is 40.6 Å². The van der Waals surface area contributed by atoms with Gasteiger partial charge in [0.2, 0.25) is 5.91 Å². The molecule has 3 amide bonds. The van der Waals surface area contributed by atoms with Crippen molar-refractivity contribution in [1.82, 2.24) is 9.69 Å². The normalized spacial score (nSPS) is 15.8. The summed E-state index contributed by atoms with van der Waals surface area (Å²) in [5, 5.41) is 2.89. The fourth-order valence-corrected chi connectivity index (χ4v) is 4.92. The molecule has 1 saturated heterocycles. The van der Waals surface area contributed by atoms with E-state index in [2.05, 4.69) is 9.69 Å². The van der Waals surface area contributed by atoms with Crippen LogP contribution in [-0.4, -0.2) is 41.4 Å². The Morgan fingerprint density at radius 3 is 2.51 bits per heavy atom. The quantitative estimate of drug-likeness (QED) is 0.412. The van der Waals surface area contributed by atoms with Crippen molar-refractivity contribution in [1.29, 1.82) is 0 Å². The first-order valence-electron chi connectivity index (χ1n) is 11.8. The lowest BCUT2D eigenvalue weighted by molar-refractivity contribution is -0.123. The summed E-state index contributed by atoms with van der Waals surface area (Å²) >= 11 is 0.725. The van der Waals surface area contributed by atoms with E-state index in [4.69, 9.17) is 16.2 Å². The number of carbonyl (C=O) groups is 3. The highest BCUT2D eigenvalue weighted by Crippen LogP contribution is 2.34. The van der Waals surface area contributed by atoms with Gasteiger partial charge in [0, 0.05) is 18.8 Å². The Morgan fingerprint density at radius 1 is 1.19 bits per heavy atom. The predicted octanol–water partition coefficient (Wildman–Crippen LogP) is 3.26. The van der Waals surface area contributed by atoms with Gasteiger partial charge in [-0.25, -0.2) is 4.39 Å². The number of benzene rings is 2. The van der Waals surface area contributed by atoms with E-state index < -0.39 is 29.6 Å². The van der Waals surface area contributed by atoms with Gasteiger partial charge < -0.3 is 21.5 Å². The van der Waals surface area contributed by atoms with E-state index in [9.17, 15) is 18.8 Å². The third-order valence-electron chi connectivity index (χ3n) is 6.36. The molecule has 0 radical (unpaired) electrons. The molecular formula is C26H28FN5O4S. The highest BCUT2D eigenvalue weighted by Gasteiger charge is 2.36. The van der Waals surface area contributed by atoms with Crippen LogP contribution in [0.2, 0.25) is 0 Å². The van der Waals surface area contributed by atoms with Crippen molar-refractivity contribution in [2.75, 3.05) is 23.8 Å². The maximum atomic E-state index is 14.0. The number of nitrogens with two attached hydrogens (primary N) is 2. The minimum atomic E-state index is -1.19. The number of hydrogen-bond acceptors (Lipinski definition) is 7. The number of nitrogen functional groups attached to an aromatic ring is 1. The lowest BCUT2D eigenvalue weighted by Crippen LogP contribution is -2.45. The lowest BCUT2D eigenvalue weighted by Gasteiger charge is -2.32. The molecule has 1 aliphatic heterocycles. The SMILES string of the molecule is Cc1ccc(N(C(=O)c2snc(C(N)=O)c2N)[C@@H](C(=O)NC[C@@H]2CCCO2)c2ccc(F)cc2)cc1C. The van der Waals surface area contributed by atoms with Crippen LogP contribution >= 0.6 is 11.5 Å². The van der Waals surface area contributed by atoms with Crippen LogP contribution in [0.3, 0.4) is 0 Å². The maximum absolute atomic E-state index is 14.0. The summed E-state index contributed by atoms with van der Waals surface area (Å²) < 4.78 is 23.4. The van der Waals surface area contributed by atoms with Crippen LogP contribution in [0.5, 0.6) is 0 Å². The summed E-state index contributed by atoms with van der Waals surface area (Å²) in [6.45, 7) is 4.71. The third kappa shape index (κ3) is 5.62. The van der Waals surface area contributed by atoms with Gasteiger partial charge in [0.15, 0.2) is 5.69 Å². The molecule has 0 spiro atoms. The van der Waals surface area contributed by atoms with Gasteiger partial charge in [-0.2, -0.15) is 4.37 Å². The molecule has 1 aromatic heterocycles. The van der Waals surface area contributed by atoms with Crippen LogP contribution in [0, 0.1) is 19.7 Å². The molecule has 3 aromatic rings. The lowest BCUT2D eigenvalue weighted by atomic mass is 10.0. The first kappa shape index (κ1) is 26.2. The van der Waals surface area contributed by atoms with Crippen molar-refractivity contribution in [2.45, 2.75) is 38.8 Å². The molecule has 4 rings (SSSR count). The molecule has 9 nitrogen and oxygen atoms in total. The summed E-state index contributed by atoms with van der Waals surface area (Å²) in [6, 6.07) is 9.52. The van der Waals surface area contributed by atoms with E-state index >= 15 is 0 Å². The Balaban J connectivity index is 1.82. The Bertz CT molecular complexity index is 1320. The monoisotopic (exact) mass is 525 g/mol. The molecule has 11 heteroatoms.